The number of aromatic nitrogens is 2. The molecule has 2 heterocycles. The summed E-state index contributed by atoms with van der Waals surface area (Å²) in [6, 6.07) is 16.5. The van der Waals surface area contributed by atoms with Crippen LogP contribution in [0.15, 0.2) is 59.4 Å². The van der Waals surface area contributed by atoms with E-state index in [1.807, 2.05) is 18.2 Å². The summed E-state index contributed by atoms with van der Waals surface area (Å²) in [7, 11) is 0. The Morgan fingerprint density at radius 1 is 1.03 bits per heavy atom. The minimum atomic E-state index is -0.407. The predicted octanol–water partition coefficient (Wildman–Crippen LogP) is 2.92. The van der Waals surface area contributed by atoms with Gasteiger partial charge < -0.3 is 10.2 Å². The van der Waals surface area contributed by atoms with Gasteiger partial charge in [-0.25, -0.2) is 5.10 Å². The molecule has 1 aliphatic heterocycles. The number of fused-ring (bicyclic) bond motifs is 1. The molecule has 5 rings (SSSR count). The number of nitrogens with zero attached hydrogens (tertiary/aromatic N) is 2. The average Bonchev–Trinajstić information content (AvgIpc) is 3.40. The number of hydrogen-bond acceptors (Lipinski definition) is 4. The second-order valence-electron chi connectivity index (χ2n) is 8.09. The summed E-state index contributed by atoms with van der Waals surface area (Å²) in [5, 5.41) is 9.35. The quantitative estimate of drug-likeness (QED) is 0.686. The molecule has 0 bridgehead atoms. The number of H-pyrrole nitrogens is 1. The van der Waals surface area contributed by atoms with E-state index in [2.05, 4.69) is 27.6 Å². The summed E-state index contributed by atoms with van der Waals surface area (Å²) in [5.41, 5.74) is 5.29. The highest BCUT2D eigenvalue weighted by Crippen LogP contribution is 2.31. The van der Waals surface area contributed by atoms with Crippen molar-refractivity contribution in [1.82, 2.24) is 10.2 Å². The molecule has 0 radical (unpaired) electrons. The first-order valence-corrected chi connectivity index (χ1v) is 10.5. The molecular weight excluding hydrogens is 392 g/mol. The van der Waals surface area contributed by atoms with E-state index < -0.39 is 5.92 Å². The van der Waals surface area contributed by atoms with Crippen LogP contribution in [0, 0.1) is 5.92 Å². The summed E-state index contributed by atoms with van der Waals surface area (Å²) in [6.07, 6.45) is 3.51. The van der Waals surface area contributed by atoms with E-state index in [0.717, 1.165) is 30.5 Å². The Kier molecular flexibility index (Phi) is 4.86. The molecular formula is C24H22N4O3. The number of amides is 2. The molecule has 0 saturated carbocycles. The molecule has 2 aliphatic rings. The van der Waals surface area contributed by atoms with Gasteiger partial charge in [-0.3, -0.25) is 14.4 Å². The topological polar surface area (TPSA) is 95.2 Å². The van der Waals surface area contributed by atoms with E-state index in [-0.39, 0.29) is 23.8 Å². The van der Waals surface area contributed by atoms with E-state index in [1.165, 1.54) is 17.2 Å². The third-order valence-corrected chi connectivity index (χ3v) is 5.99. The van der Waals surface area contributed by atoms with E-state index in [0.29, 0.717) is 17.9 Å². The maximum absolute atomic E-state index is 12.9. The average molecular weight is 414 g/mol. The van der Waals surface area contributed by atoms with Crippen molar-refractivity contribution in [2.45, 2.75) is 25.7 Å². The Morgan fingerprint density at radius 3 is 2.74 bits per heavy atom. The number of anilines is 2. The molecule has 7 nitrogen and oxygen atoms in total. The van der Waals surface area contributed by atoms with Crippen LogP contribution in [-0.2, 0) is 22.4 Å². The Labute approximate surface area is 179 Å². The molecule has 2 aromatic carbocycles. The van der Waals surface area contributed by atoms with Gasteiger partial charge in [0.1, 0.15) is 0 Å². The molecule has 7 heteroatoms. The third-order valence-electron chi connectivity index (χ3n) is 5.99. The molecule has 2 N–H and O–H groups in total. The van der Waals surface area contributed by atoms with Crippen LogP contribution >= 0.6 is 0 Å². The smallest absolute Gasteiger partial charge is 0.264 e. The van der Waals surface area contributed by atoms with Crippen molar-refractivity contribution in [3.8, 4) is 11.3 Å². The zero-order valence-corrected chi connectivity index (χ0v) is 16.9. The highest BCUT2D eigenvalue weighted by Gasteiger charge is 2.35. The highest BCUT2D eigenvalue weighted by atomic mass is 16.2. The fraction of sp³-hybridized carbons (Fsp3) is 0.250. The molecule has 1 fully saturated rings. The van der Waals surface area contributed by atoms with Gasteiger partial charge in [-0.1, -0.05) is 18.2 Å². The Bertz CT molecular complexity index is 1210. The molecule has 3 aromatic rings. The van der Waals surface area contributed by atoms with Crippen molar-refractivity contribution in [2.75, 3.05) is 16.8 Å². The number of rotatable bonds is 4. The first kappa shape index (κ1) is 19.2. The molecule has 1 aromatic heterocycles. The zero-order valence-electron chi connectivity index (χ0n) is 16.9. The standard InChI is InChI=1S/C24H22N4O3/c29-22-10-9-21(26-27-22)17-5-2-6-19(11-17)25-24(31)18-13-23(30)28(14-18)20-8-7-15-3-1-4-16(15)12-20/h2,5-12,18H,1,3-4,13-14H2,(H,25,31)(H,27,29). The highest BCUT2D eigenvalue weighted by molar-refractivity contribution is 6.03. The summed E-state index contributed by atoms with van der Waals surface area (Å²) >= 11 is 0. The van der Waals surface area contributed by atoms with Gasteiger partial charge in [0.2, 0.25) is 11.8 Å². The van der Waals surface area contributed by atoms with Crippen molar-refractivity contribution in [1.29, 1.82) is 0 Å². The molecule has 1 atom stereocenters. The van der Waals surface area contributed by atoms with Crippen molar-refractivity contribution in [3.05, 3.63) is 76.1 Å². The van der Waals surface area contributed by atoms with Crippen LogP contribution in [0.5, 0.6) is 0 Å². The number of aryl methyl sites for hydroxylation is 2. The zero-order chi connectivity index (χ0) is 21.4. The first-order chi connectivity index (χ1) is 15.1. The number of carbonyl (C=O) groups excluding carboxylic acids is 2. The maximum atomic E-state index is 12.9. The molecule has 0 spiro atoms. The Hall–Kier alpha value is -3.74. The molecule has 31 heavy (non-hydrogen) atoms. The predicted molar refractivity (Wildman–Crippen MR) is 118 cm³/mol. The van der Waals surface area contributed by atoms with Crippen molar-refractivity contribution in [2.24, 2.45) is 5.92 Å². The second kappa shape index (κ2) is 7.83. The van der Waals surface area contributed by atoms with E-state index in [4.69, 9.17) is 0 Å². The van der Waals surface area contributed by atoms with Crippen LogP contribution in [-0.4, -0.2) is 28.6 Å². The van der Waals surface area contributed by atoms with Crippen molar-refractivity contribution in [3.63, 3.8) is 0 Å². The number of benzene rings is 2. The van der Waals surface area contributed by atoms with Crippen LogP contribution in [0.3, 0.4) is 0 Å². The molecule has 1 saturated heterocycles. The number of aromatic amines is 1. The maximum Gasteiger partial charge on any atom is 0.264 e. The number of hydrogen-bond donors (Lipinski definition) is 2. The van der Waals surface area contributed by atoms with Crippen LogP contribution < -0.4 is 15.8 Å². The normalized spacial score (nSPS) is 17.6. The lowest BCUT2D eigenvalue weighted by atomic mass is 10.1. The van der Waals surface area contributed by atoms with Crippen LogP contribution in [0.1, 0.15) is 24.0 Å². The number of nitrogens with one attached hydrogen (secondary N) is 2. The Balaban J connectivity index is 1.29. The lowest BCUT2D eigenvalue weighted by molar-refractivity contribution is -0.122. The van der Waals surface area contributed by atoms with Gasteiger partial charge in [0.15, 0.2) is 0 Å². The lowest BCUT2D eigenvalue weighted by Crippen LogP contribution is -2.28. The first-order valence-electron chi connectivity index (χ1n) is 10.5. The fourth-order valence-electron chi connectivity index (χ4n) is 4.36. The molecule has 1 unspecified atom stereocenters. The van der Waals surface area contributed by atoms with E-state index >= 15 is 0 Å². The summed E-state index contributed by atoms with van der Waals surface area (Å²) < 4.78 is 0. The van der Waals surface area contributed by atoms with Crippen molar-refractivity contribution >= 4 is 23.2 Å². The molecule has 156 valence electrons. The molecule has 2 amide bonds. The third kappa shape index (κ3) is 3.86. The van der Waals surface area contributed by atoms with Gasteiger partial charge in [0, 0.05) is 36.0 Å². The second-order valence-corrected chi connectivity index (χ2v) is 8.09. The fourth-order valence-corrected chi connectivity index (χ4v) is 4.36. The van der Waals surface area contributed by atoms with Gasteiger partial charge in [0.25, 0.3) is 5.56 Å². The van der Waals surface area contributed by atoms with E-state index in [9.17, 15) is 14.4 Å². The van der Waals surface area contributed by atoms with Gasteiger partial charge in [-0.05, 0) is 60.7 Å². The summed E-state index contributed by atoms with van der Waals surface area (Å²) in [6.45, 7) is 0.380. The minimum absolute atomic E-state index is 0.0238. The largest absolute Gasteiger partial charge is 0.326 e. The van der Waals surface area contributed by atoms with Crippen LogP contribution in [0.25, 0.3) is 11.3 Å². The monoisotopic (exact) mass is 414 g/mol. The minimum Gasteiger partial charge on any atom is -0.326 e. The van der Waals surface area contributed by atoms with Crippen LogP contribution in [0.2, 0.25) is 0 Å². The van der Waals surface area contributed by atoms with Crippen LogP contribution in [0.4, 0.5) is 11.4 Å². The SMILES string of the molecule is O=C(Nc1cccc(-c2ccc(=O)[nH]n2)c1)C1CC(=O)N(c2ccc3c(c2)CCC3)C1. The van der Waals surface area contributed by atoms with Gasteiger partial charge in [-0.2, -0.15) is 5.10 Å². The summed E-state index contributed by atoms with van der Waals surface area (Å²) in [5.74, 6) is -0.608. The summed E-state index contributed by atoms with van der Waals surface area (Å²) in [4.78, 5) is 38.4. The molecule has 1 aliphatic carbocycles. The van der Waals surface area contributed by atoms with E-state index in [1.54, 1.807) is 23.1 Å². The van der Waals surface area contributed by atoms with Gasteiger partial charge in [-0.15, -0.1) is 0 Å². The number of carbonyl (C=O) groups is 2. The lowest BCUT2D eigenvalue weighted by Gasteiger charge is -2.18. The Morgan fingerprint density at radius 2 is 1.90 bits per heavy atom. The van der Waals surface area contributed by atoms with Gasteiger partial charge in [0.05, 0.1) is 11.6 Å². The van der Waals surface area contributed by atoms with Gasteiger partial charge >= 0.3 is 0 Å². The van der Waals surface area contributed by atoms with Crippen molar-refractivity contribution < 1.29 is 9.59 Å².